The van der Waals surface area contributed by atoms with Crippen molar-refractivity contribution in [3.8, 4) is 5.75 Å². The molecule has 208 valence electrons. The summed E-state index contributed by atoms with van der Waals surface area (Å²) in [5, 5.41) is 2.10. The Balaban J connectivity index is 1.30. The molecular formula is C29H36BCl2N3O4. The summed E-state index contributed by atoms with van der Waals surface area (Å²) in [5.41, 5.74) is 1.49. The van der Waals surface area contributed by atoms with Gasteiger partial charge in [-0.1, -0.05) is 49.9 Å². The summed E-state index contributed by atoms with van der Waals surface area (Å²) in [7, 11) is 0.253. The molecule has 3 aromatic rings. The average molecular weight is 572 g/mol. The monoisotopic (exact) mass is 571 g/mol. The van der Waals surface area contributed by atoms with Crippen molar-refractivity contribution in [3.05, 3.63) is 68.9 Å². The van der Waals surface area contributed by atoms with Gasteiger partial charge in [-0.25, -0.2) is 0 Å². The van der Waals surface area contributed by atoms with Crippen molar-refractivity contribution < 1.29 is 14.3 Å². The molecule has 0 radical (unpaired) electrons. The molecule has 4 rings (SSSR count). The van der Waals surface area contributed by atoms with E-state index in [4.69, 9.17) is 32.7 Å². The fourth-order valence-electron chi connectivity index (χ4n) is 4.87. The second-order valence-electron chi connectivity index (χ2n) is 10.2. The van der Waals surface area contributed by atoms with Crippen LogP contribution in [0.25, 0.3) is 10.9 Å². The molecule has 1 aromatic heterocycles. The zero-order valence-electron chi connectivity index (χ0n) is 22.9. The molecule has 2 aromatic carbocycles. The molecule has 10 heteroatoms. The predicted octanol–water partition coefficient (Wildman–Crippen LogP) is 6.07. The molecule has 0 amide bonds. The van der Waals surface area contributed by atoms with E-state index >= 15 is 0 Å². The van der Waals surface area contributed by atoms with Gasteiger partial charge >= 0.3 is 0 Å². The van der Waals surface area contributed by atoms with Crippen LogP contribution in [0.5, 0.6) is 5.75 Å². The smallest absolute Gasteiger partial charge is 0.257 e. The number of anilines is 1. The number of ether oxygens (including phenoxy) is 2. The molecule has 7 nitrogen and oxygen atoms in total. The number of halogens is 2. The molecule has 1 unspecified atom stereocenters. The number of pyridine rings is 1. The Hall–Kier alpha value is -2.68. The highest BCUT2D eigenvalue weighted by Gasteiger charge is 2.23. The first-order valence-corrected chi connectivity index (χ1v) is 14.4. The number of piperazine rings is 1. The highest BCUT2D eigenvalue weighted by Crippen LogP contribution is 2.33. The number of rotatable bonds is 11. The van der Waals surface area contributed by atoms with Gasteiger partial charge in [0.05, 0.1) is 27.9 Å². The molecule has 1 aliphatic heterocycles. The lowest BCUT2D eigenvalue weighted by atomic mass is 9.83. The SMILES string of the molecule is CBC(=O)OC(C(C)C)n1c(=O)ccc2ccc(OCCCCN3CCN(c4cccc(Cl)c4Cl)CC3)cc21. The summed E-state index contributed by atoms with van der Waals surface area (Å²) >= 11 is 12.6. The van der Waals surface area contributed by atoms with Crippen molar-refractivity contribution in [1.82, 2.24) is 9.47 Å². The maximum Gasteiger partial charge on any atom is 0.257 e. The largest absolute Gasteiger partial charge is 0.494 e. The van der Waals surface area contributed by atoms with Crippen LogP contribution in [-0.2, 0) is 4.74 Å². The van der Waals surface area contributed by atoms with Crippen molar-refractivity contribution in [1.29, 1.82) is 0 Å². The van der Waals surface area contributed by atoms with Crippen LogP contribution in [0.4, 0.5) is 10.5 Å². The van der Waals surface area contributed by atoms with Gasteiger partial charge in [-0.2, -0.15) is 0 Å². The van der Waals surface area contributed by atoms with Crippen LogP contribution < -0.4 is 15.2 Å². The van der Waals surface area contributed by atoms with Crippen LogP contribution in [0.2, 0.25) is 16.9 Å². The fraction of sp³-hybridized carbons (Fsp3) is 0.448. The third-order valence-electron chi connectivity index (χ3n) is 7.05. The Morgan fingerprint density at radius 2 is 1.77 bits per heavy atom. The molecule has 0 N–H and O–H groups in total. The van der Waals surface area contributed by atoms with Gasteiger partial charge in [0.25, 0.3) is 12.8 Å². The Morgan fingerprint density at radius 1 is 1.03 bits per heavy atom. The van der Waals surface area contributed by atoms with Crippen LogP contribution in [-0.4, -0.2) is 61.9 Å². The third kappa shape index (κ3) is 7.30. The number of fused-ring (bicyclic) bond motifs is 1. The lowest BCUT2D eigenvalue weighted by Gasteiger charge is -2.36. The summed E-state index contributed by atoms with van der Waals surface area (Å²) in [5.74, 6) is 0.288. The first kappa shape index (κ1) is 29.3. The minimum Gasteiger partial charge on any atom is -0.494 e. The van der Waals surface area contributed by atoms with Gasteiger partial charge in [0.15, 0.2) is 6.23 Å². The Morgan fingerprint density at radius 3 is 2.49 bits per heavy atom. The number of carbonyl (C=O) groups is 1. The van der Waals surface area contributed by atoms with Crippen molar-refractivity contribution in [2.24, 2.45) is 5.92 Å². The van der Waals surface area contributed by atoms with E-state index in [0.29, 0.717) is 27.9 Å². The Labute approximate surface area is 240 Å². The normalized spacial score (nSPS) is 15.0. The van der Waals surface area contributed by atoms with Crippen molar-refractivity contribution in [3.63, 3.8) is 0 Å². The summed E-state index contributed by atoms with van der Waals surface area (Å²) in [6, 6.07) is 14.8. The maximum atomic E-state index is 12.9. The van der Waals surface area contributed by atoms with Gasteiger partial charge in [0, 0.05) is 44.2 Å². The molecule has 0 aliphatic carbocycles. The van der Waals surface area contributed by atoms with Crippen LogP contribution in [0.15, 0.2) is 53.3 Å². The lowest BCUT2D eigenvalue weighted by Crippen LogP contribution is -2.46. The van der Waals surface area contributed by atoms with Gasteiger partial charge in [0.1, 0.15) is 5.75 Å². The molecule has 0 spiro atoms. The number of hydrogen-bond acceptors (Lipinski definition) is 6. The maximum absolute atomic E-state index is 12.9. The van der Waals surface area contributed by atoms with Crippen LogP contribution >= 0.6 is 23.2 Å². The number of unbranched alkanes of at least 4 members (excludes halogenated alkanes) is 1. The minimum absolute atomic E-state index is 0.0716. The average Bonchev–Trinajstić information content (AvgIpc) is 2.93. The van der Waals surface area contributed by atoms with E-state index in [1.807, 2.05) is 50.2 Å². The van der Waals surface area contributed by atoms with Crippen LogP contribution in [0.3, 0.4) is 0 Å². The molecule has 1 saturated heterocycles. The van der Waals surface area contributed by atoms with Gasteiger partial charge in [-0.05, 0) is 55.1 Å². The molecule has 1 fully saturated rings. The minimum atomic E-state index is -0.681. The van der Waals surface area contributed by atoms with E-state index < -0.39 is 6.23 Å². The van der Waals surface area contributed by atoms with E-state index in [-0.39, 0.29) is 24.6 Å². The van der Waals surface area contributed by atoms with Crippen LogP contribution in [0, 0.1) is 5.92 Å². The zero-order chi connectivity index (χ0) is 27.9. The van der Waals surface area contributed by atoms with Gasteiger partial charge in [-0.3, -0.25) is 19.1 Å². The van der Waals surface area contributed by atoms with Gasteiger partial charge in [0.2, 0.25) is 5.87 Å². The molecule has 39 heavy (non-hydrogen) atoms. The van der Waals surface area contributed by atoms with E-state index in [1.54, 1.807) is 17.5 Å². The highest BCUT2D eigenvalue weighted by molar-refractivity contribution is 6.70. The first-order chi connectivity index (χ1) is 18.8. The standard InChI is InChI=1S/C29H36BCl2N3O4/c1-20(2)28(39-29(37)30-3)35-25-19-22(11-9-21(25)10-12-26(35)36)38-18-5-4-13-33-14-16-34(17-15-33)24-8-6-7-23(31)27(24)32/h6-12,19-20,28,30H,4-5,13-18H2,1-3H3. The van der Waals surface area contributed by atoms with Gasteiger partial charge < -0.3 is 14.4 Å². The summed E-state index contributed by atoms with van der Waals surface area (Å²) in [4.78, 5) is 29.7. The highest BCUT2D eigenvalue weighted by atomic mass is 35.5. The number of benzene rings is 2. The number of aromatic nitrogens is 1. The summed E-state index contributed by atoms with van der Waals surface area (Å²) in [6.45, 7) is 11.0. The molecule has 1 atom stereocenters. The second kappa shape index (κ2) is 13.6. The second-order valence-corrected chi connectivity index (χ2v) is 11.0. The van der Waals surface area contributed by atoms with Crippen molar-refractivity contribution in [2.75, 3.05) is 44.2 Å². The number of nitrogens with zero attached hydrogens (tertiary/aromatic N) is 3. The topological polar surface area (TPSA) is 64.0 Å². The lowest BCUT2D eigenvalue weighted by molar-refractivity contribution is 0.0403. The molecule has 0 bridgehead atoms. The zero-order valence-corrected chi connectivity index (χ0v) is 24.4. The quantitative estimate of drug-likeness (QED) is 0.206. The third-order valence-corrected chi connectivity index (χ3v) is 7.86. The van der Waals surface area contributed by atoms with E-state index in [2.05, 4.69) is 9.80 Å². The molecular weight excluding hydrogens is 536 g/mol. The Bertz CT molecular complexity index is 1340. The molecule has 2 heterocycles. The van der Waals surface area contributed by atoms with Crippen molar-refractivity contribution >= 4 is 52.9 Å². The Kier molecular flexibility index (Phi) is 10.2. The number of hydrogen-bond donors (Lipinski definition) is 0. The van der Waals surface area contributed by atoms with E-state index in [1.165, 1.54) is 6.07 Å². The fourth-order valence-corrected chi connectivity index (χ4v) is 5.28. The molecule has 1 aliphatic rings. The van der Waals surface area contributed by atoms with E-state index in [0.717, 1.165) is 56.6 Å². The van der Waals surface area contributed by atoms with E-state index in [9.17, 15) is 9.59 Å². The number of carbonyl (C=O) groups excluding carboxylic acids is 1. The van der Waals surface area contributed by atoms with Gasteiger partial charge in [-0.15, -0.1) is 0 Å². The van der Waals surface area contributed by atoms with Crippen molar-refractivity contribution in [2.45, 2.75) is 39.7 Å². The predicted molar refractivity (Wildman–Crippen MR) is 161 cm³/mol. The first-order valence-electron chi connectivity index (χ1n) is 13.7. The molecule has 0 saturated carbocycles. The summed E-state index contributed by atoms with van der Waals surface area (Å²) < 4.78 is 13.3. The summed E-state index contributed by atoms with van der Waals surface area (Å²) in [6.07, 6.45) is 1.26. The van der Waals surface area contributed by atoms with Crippen LogP contribution in [0.1, 0.15) is 32.9 Å².